The number of urea groups is 1. The average Bonchev–Trinajstić information content (AvgIpc) is 3.86. The molecule has 17 heteroatoms. The Morgan fingerprint density at radius 2 is 1.70 bits per heavy atom. The van der Waals surface area contributed by atoms with Crippen LogP contribution in [0, 0.1) is 18.7 Å². The van der Waals surface area contributed by atoms with Gasteiger partial charge in [-0.15, -0.1) is 11.3 Å². The maximum atomic E-state index is 16.0. The highest BCUT2D eigenvalue weighted by Crippen LogP contribution is 2.38. The van der Waals surface area contributed by atoms with Crippen LogP contribution in [0.1, 0.15) is 56.7 Å². The minimum atomic E-state index is -0.734. The van der Waals surface area contributed by atoms with E-state index in [1.165, 1.54) is 36.1 Å². The van der Waals surface area contributed by atoms with E-state index in [0.717, 1.165) is 81.2 Å². The van der Waals surface area contributed by atoms with Crippen LogP contribution < -0.4 is 31.5 Å². The van der Waals surface area contributed by atoms with E-state index in [1.807, 2.05) is 12.1 Å². The number of nitrogens with one attached hydrogen (secondary N) is 3. The van der Waals surface area contributed by atoms with Gasteiger partial charge < -0.3 is 31.1 Å². The fourth-order valence-electron chi connectivity index (χ4n) is 8.95. The number of halogens is 1. The highest BCUT2D eigenvalue weighted by Gasteiger charge is 2.30. The summed E-state index contributed by atoms with van der Waals surface area (Å²) in [5.41, 5.74) is 13.4. The molecular formula is C44H48FN11O4S. The molecule has 0 unspecified atom stereocenters. The van der Waals surface area contributed by atoms with Crippen molar-refractivity contribution < 1.29 is 23.6 Å². The van der Waals surface area contributed by atoms with Crippen molar-refractivity contribution in [2.75, 3.05) is 72.8 Å². The maximum Gasteiger partial charge on any atom is 0.324 e. The van der Waals surface area contributed by atoms with Crippen LogP contribution >= 0.6 is 11.3 Å². The number of anilines is 5. The van der Waals surface area contributed by atoms with Gasteiger partial charge in [0.25, 0.3) is 11.8 Å². The number of imide groups is 1. The third kappa shape index (κ3) is 8.39. The summed E-state index contributed by atoms with van der Waals surface area (Å²) in [5.74, 6) is -0.655. The number of carbonyl (C=O) groups excluding carboxylic acids is 4. The molecule has 0 spiro atoms. The molecule has 0 bridgehead atoms. The van der Waals surface area contributed by atoms with Crippen molar-refractivity contribution in [2.45, 2.75) is 45.7 Å². The van der Waals surface area contributed by atoms with Crippen molar-refractivity contribution in [3.05, 3.63) is 99.1 Å². The molecular weight excluding hydrogens is 798 g/mol. The van der Waals surface area contributed by atoms with E-state index in [-0.39, 0.29) is 39.9 Å². The molecule has 4 aliphatic rings. The molecule has 61 heavy (non-hydrogen) atoms. The number of piperazine rings is 1. The summed E-state index contributed by atoms with van der Waals surface area (Å²) in [6.07, 6.45) is 3.23. The van der Waals surface area contributed by atoms with E-state index in [2.05, 4.69) is 66.0 Å². The molecule has 6 heterocycles. The molecule has 0 saturated carbocycles. The van der Waals surface area contributed by atoms with Crippen molar-refractivity contribution in [3.63, 3.8) is 0 Å². The van der Waals surface area contributed by atoms with Gasteiger partial charge in [-0.1, -0.05) is 12.1 Å². The molecule has 0 radical (unpaired) electrons. The van der Waals surface area contributed by atoms with Gasteiger partial charge in [0.2, 0.25) is 5.91 Å². The van der Waals surface area contributed by atoms with Gasteiger partial charge in [0.05, 0.1) is 5.51 Å². The molecule has 5 aromatic rings. The smallest absolute Gasteiger partial charge is 0.324 e. The molecule has 3 fully saturated rings. The topological polar surface area (TPSA) is 174 Å². The number of piperidine rings is 1. The number of primary amides is 1. The second kappa shape index (κ2) is 17.0. The number of benzene rings is 3. The lowest BCUT2D eigenvalue weighted by atomic mass is 9.95. The molecule has 3 aromatic carbocycles. The Labute approximate surface area is 356 Å². The Morgan fingerprint density at radius 1 is 0.918 bits per heavy atom. The largest absolute Gasteiger partial charge is 0.372 e. The zero-order chi connectivity index (χ0) is 42.2. The van der Waals surface area contributed by atoms with E-state index in [1.54, 1.807) is 20.5 Å². The molecule has 15 nitrogen and oxygen atoms in total. The minimum Gasteiger partial charge on any atom is -0.372 e. The van der Waals surface area contributed by atoms with E-state index in [0.29, 0.717) is 50.0 Å². The molecule has 316 valence electrons. The van der Waals surface area contributed by atoms with Crippen molar-refractivity contribution in [1.29, 1.82) is 0 Å². The van der Waals surface area contributed by atoms with Crippen LogP contribution in [0.5, 0.6) is 0 Å². The standard InChI is InChI=1S/C44H48FN11O4S/c1-27-33(43(59)49-36-25-61-26-47-36)6-7-34(39(27)45)40-38(41(46)58)42-48-35-8-5-32(22-30(35)11-16-56(42)51-40)54-19-17-52(18-20-54)23-28-9-13-53(14-10-28)31-4-2-3-29(21-31)24-55-15-12-37(57)50-44(55)60/h2-8,21-22,25-26,28,48H,9-20,23-24H2,1H3,(H2,46,58)(H,49,59)(H,50,57,60). The third-order valence-electron chi connectivity index (χ3n) is 12.4. The highest BCUT2D eigenvalue weighted by atomic mass is 32.1. The van der Waals surface area contributed by atoms with Gasteiger partial charge in [0, 0.05) is 105 Å². The summed E-state index contributed by atoms with van der Waals surface area (Å²) in [4.78, 5) is 62.9. The lowest BCUT2D eigenvalue weighted by molar-refractivity contribution is -0.121. The summed E-state index contributed by atoms with van der Waals surface area (Å²) < 4.78 is 17.7. The fourth-order valence-corrected chi connectivity index (χ4v) is 9.44. The lowest BCUT2D eigenvalue weighted by Crippen LogP contribution is -2.49. The number of nitrogens with two attached hydrogens (primary N) is 1. The zero-order valence-electron chi connectivity index (χ0n) is 34.0. The van der Waals surface area contributed by atoms with Crippen molar-refractivity contribution in [2.24, 2.45) is 11.7 Å². The number of hydrogen-bond donors (Lipinski definition) is 4. The highest BCUT2D eigenvalue weighted by molar-refractivity contribution is 7.07. The van der Waals surface area contributed by atoms with Gasteiger partial charge in [0.1, 0.15) is 28.7 Å². The molecule has 4 aliphatic heterocycles. The second-order valence-corrected chi connectivity index (χ2v) is 16.9. The summed E-state index contributed by atoms with van der Waals surface area (Å²) >= 11 is 1.34. The molecule has 0 aliphatic carbocycles. The number of carbonyl (C=O) groups is 4. The number of fused-ring (bicyclic) bond motifs is 2. The predicted octanol–water partition coefficient (Wildman–Crippen LogP) is 5.59. The summed E-state index contributed by atoms with van der Waals surface area (Å²) in [7, 11) is 0. The number of rotatable bonds is 10. The fraction of sp³-hybridized carbons (Fsp3) is 0.364. The first-order valence-electron chi connectivity index (χ1n) is 20.8. The van der Waals surface area contributed by atoms with Crippen LogP contribution in [0.15, 0.2) is 65.5 Å². The van der Waals surface area contributed by atoms with Crippen LogP contribution in [-0.4, -0.2) is 101 Å². The van der Waals surface area contributed by atoms with E-state index in [4.69, 9.17) is 10.8 Å². The first-order valence-corrected chi connectivity index (χ1v) is 21.7. The molecule has 9 rings (SSSR count). The second-order valence-electron chi connectivity index (χ2n) is 16.2. The van der Waals surface area contributed by atoms with Crippen LogP contribution in [0.25, 0.3) is 11.3 Å². The number of aromatic nitrogens is 3. The number of amides is 5. The SMILES string of the molecule is Cc1c(C(=O)Nc2cscn2)ccc(-c2nn3c(c2C(N)=O)Nc2ccc(N4CCN(CC5CCN(c6cccc(CN7CCC(=O)NC7=O)c6)CC5)CC4)cc2CC3)c1F. The summed E-state index contributed by atoms with van der Waals surface area (Å²) in [5, 5.41) is 14.9. The Balaban J connectivity index is 0.797. The van der Waals surface area contributed by atoms with E-state index < -0.39 is 17.6 Å². The average molecular weight is 846 g/mol. The molecule has 5 N–H and O–H groups in total. The number of hydrogen-bond acceptors (Lipinski definition) is 11. The summed E-state index contributed by atoms with van der Waals surface area (Å²) in [6.45, 7) is 9.81. The van der Waals surface area contributed by atoms with Gasteiger partial charge in [-0.05, 0) is 91.3 Å². The first-order chi connectivity index (χ1) is 29.6. The maximum absolute atomic E-state index is 16.0. The normalized spacial score (nSPS) is 17.3. The molecule has 0 atom stereocenters. The van der Waals surface area contributed by atoms with Crippen LogP contribution in [0.4, 0.5) is 37.9 Å². The Hall–Kier alpha value is -6.33. The van der Waals surface area contributed by atoms with Gasteiger partial charge in [-0.3, -0.25) is 24.6 Å². The molecule has 2 aromatic heterocycles. The van der Waals surface area contributed by atoms with Crippen LogP contribution in [0.3, 0.4) is 0 Å². The monoisotopic (exact) mass is 845 g/mol. The van der Waals surface area contributed by atoms with Crippen LogP contribution in [-0.2, 0) is 24.3 Å². The third-order valence-corrected chi connectivity index (χ3v) is 12.9. The number of aryl methyl sites for hydroxylation is 2. The van der Waals surface area contributed by atoms with Gasteiger partial charge >= 0.3 is 6.03 Å². The van der Waals surface area contributed by atoms with E-state index >= 15 is 4.39 Å². The summed E-state index contributed by atoms with van der Waals surface area (Å²) in [6, 6.07) is 17.4. The Kier molecular flexibility index (Phi) is 11.2. The minimum absolute atomic E-state index is 0.0868. The Morgan fingerprint density at radius 3 is 2.46 bits per heavy atom. The quantitative estimate of drug-likeness (QED) is 0.139. The van der Waals surface area contributed by atoms with Crippen molar-refractivity contribution in [1.82, 2.24) is 29.9 Å². The molecule has 5 amide bonds. The number of thiazole rings is 1. The predicted molar refractivity (Wildman–Crippen MR) is 233 cm³/mol. The number of nitrogens with zero attached hydrogens (tertiary/aromatic N) is 7. The zero-order valence-corrected chi connectivity index (χ0v) is 34.8. The van der Waals surface area contributed by atoms with Gasteiger partial charge in [-0.25, -0.2) is 18.9 Å². The lowest BCUT2D eigenvalue weighted by Gasteiger charge is -2.40. The van der Waals surface area contributed by atoms with Gasteiger partial charge in [0.15, 0.2) is 0 Å². The van der Waals surface area contributed by atoms with Gasteiger partial charge in [-0.2, -0.15) is 5.10 Å². The van der Waals surface area contributed by atoms with Crippen LogP contribution in [0.2, 0.25) is 0 Å². The Bertz CT molecular complexity index is 2490. The van der Waals surface area contributed by atoms with Crippen molar-refractivity contribution in [3.8, 4) is 11.3 Å². The molecule has 3 saturated heterocycles. The van der Waals surface area contributed by atoms with Crippen molar-refractivity contribution >= 4 is 63.8 Å². The first kappa shape index (κ1) is 40.1. The van der Waals surface area contributed by atoms with E-state index in [9.17, 15) is 19.2 Å².